The van der Waals surface area contributed by atoms with E-state index >= 15 is 0 Å². The standard InChI is InChI=1S/C15H16N6O2/c1-23-12-5-3-2-4-9(12)7-18-15(22)19-13-6-11-10(8-17-13)14(16)21-20-11/h2-6,8H,7H2,1H3,(H3,16,20,21)(H2,17,18,19,22). The molecule has 0 spiro atoms. The summed E-state index contributed by atoms with van der Waals surface area (Å²) in [7, 11) is 1.59. The fourth-order valence-electron chi connectivity index (χ4n) is 2.19. The van der Waals surface area contributed by atoms with Crippen LogP contribution in [0.1, 0.15) is 5.56 Å². The van der Waals surface area contributed by atoms with Gasteiger partial charge in [0.05, 0.1) is 18.0 Å². The Morgan fingerprint density at radius 3 is 3.04 bits per heavy atom. The zero-order valence-corrected chi connectivity index (χ0v) is 12.5. The molecular weight excluding hydrogens is 296 g/mol. The highest BCUT2D eigenvalue weighted by Crippen LogP contribution is 2.19. The molecule has 3 aromatic rings. The SMILES string of the molecule is COc1ccccc1CNC(=O)Nc1cc2[nH]nc(N)c2cn1. The summed E-state index contributed by atoms with van der Waals surface area (Å²) in [5, 5.41) is 12.8. The molecule has 3 rings (SSSR count). The van der Waals surface area contributed by atoms with E-state index < -0.39 is 0 Å². The van der Waals surface area contributed by atoms with Gasteiger partial charge in [-0.2, -0.15) is 5.10 Å². The number of H-pyrrole nitrogens is 1. The summed E-state index contributed by atoms with van der Waals surface area (Å²) >= 11 is 0. The van der Waals surface area contributed by atoms with Crippen molar-refractivity contribution in [3.05, 3.63) is 42.1 Å². The van der Waals surface area contributed by atoms with Crippen molar-refractivity contribution in [2.24, 2.45) is 0 Å². The minimum atomic E-state index is -0.366. The van der Waals surface area contributed by atoms with Crippen molar-refractivity contribution in [2.45, 2.75) is 6.54 Å². The summed E-state index contributed by atoms with van der Waals surface area (Å²) < 4.78 is 5.24. The second-order valence-corrected chi connectivity index (χ2v) is 4.84. The van der Waals surface area contributed by atoms with E-state index in [9.17, 15) is 4.79 Å². The fourth-order valence-corrected chi connectivity index (χ4v) is 2.19. The average molecular weight is 312 g/mol. The Balaban J connectivity index is 1.64. The van der Waals surface area contributed by atoms with Crippen LogP contribution in [0.4, 0.5) is 16.4 Å². The van der Waals surface area contributed by atoms with Crippen molar-refractivity contribution < 1.29 is 9.53 Å². The number of carbonyl (C=O) groups excluding carboxylic acids is 1. The molecule has 8 nitrogen and oxygen atoms in total. The number of nitrogens with one attached hydrogen (secondary N) is 3. The highest BCUT2D eigenvalue weighted by atomic mass is 16.5. The molecule has 0 bridgehead atoms. The van der Waals surface area contributed by atoms with Gasteiger partial charge in [0.15, 0.2) is 5.82 Å². The quantitative estimate of drug-likeness (QED) is 0.586. The Hall–Kier alpha value is -3.29. The first-order valence-electron chi connectivity index (χ1n) is 6.93. The summed E-state index contributed by atoms with van der Waals surface area (Å²) in [5.74, 6) is 1.50. The van der Waals surface area contributed by atoms with E-state index in [0.717, 1.165) is 11.3 Å². The Morgan fingerprint density at radius 2 is 2.22 bits per heavy atom. The number of rotatable bonds is 4. The van der Waals surface area contributed by atoms with E-state index in [1.807, 2.05) is 24.3 Å². The van der Waals surface area contributed by atoms with Crippen molar-refractivity contribution in [2.75, 3.05) is 18.2 Å². The van der Waals surface area contributed by atoms with Gasteiger partial charge in [0.25, 0.3) is 0 Å². The van der Waals surface area contributed by atoms with Crippen LogP contribution in [0.25, 0.3) is 10.9 Å². The lowest BCUT2D eigenvalue weighted by atomic mass is 10.2. The lowest BCUT2D eigenvalue weighted by Crippen LogP contribution is -2.28. The van der Waals surface area contributed by atoms with Crippen LogP contribution in [0.5, 0.6) is 5.75 Å². The van der Waals surface area contributed by atoms with Gasteiger partial charge in [-0.1, -0.05) is 18.2 Å². The number of aromatic amines is 1. The van der Waals surface area contributed by atoms with Gasteiger partial charge in [0.1, 0.15) is 11.6 Å². The molecular formula is C15H16N6O2. The number of fused-ring (bicyclic) bond motifs is 1. The van der Waals surface area contributed by atoms with Gasteiger partial charge in [-0.3, -0.25) is 10.4 Å². The molecule has 0 saturated carbocycles. The van der Waals surface area contributed by atoms with E-state index in [-0.39, 0.29) is 6.03 Å². The Morgan fingerprint density at radius 1 is 1.39 bits per heavy atom. The van der Waals surface area contributed by atoms with Gasteiger partial charge in [-0.05, 0) is 6.07 Å². The maximum atomic E-state index is 12.0. The molecule has 2 heterocycles. The maximum Gasteiger partial charge on any atom is 0.320 e. The Labute approximate surface area is 132 Å². The minimum absolute atomic E-state index is 0.342. The van der Waals surface area contributed by atoms with Crippen molar-refractivity contribution in [1.29, 1.82) is 0 Å². The predicted molar refractivity (Wildman–Crippen MR) is 87.2 cm³/mol. The highest BCUT2D eigenvalue weighted by molar-refractivity contribution is 5.93. The lowest BCUT2D eigenvalue weighted by Gasteiger charge is -2.10. The molecule has 0 atom stereocenters. The molecule has 0 aliphatic carbocycles. The first-order valence-corrected chi connectivity index (χ1v) is 6.93. The summed E-state index contributed by atoms with van der Waals surface area (Å²) in [6.07, 6.45) is 1.56. The molecule has 8 heteroatoms. The van der Waals surface area contributed by atoms with Gasteiger partial charge in [0, 0.05) is 24.4 Å². The molecule has 118 valence electrons. The van der Waals surface area contributed by atoms with Gasteiger partial charge in [0.2, 0.25) is 0 Å². The molecule has 0 radical (unpaired) electrons. The number of amides is 2. The maximum absolute atomic E-state index is 12.0. The molecule has 0 saturated heterocycles. The van der Waals surface area contributed by atoms with Crippen molar-refractivity contribution in [3.8, 4) is 5.75 Å². The third-order valence-corrected chi connectivity index (χ3v) is 3.35. The zero-order valence-electron chi connectivity index (χ0n) is 12.5. The number of pyridine rings is 1. The fraction of sp³-hybridized carbons (Fsp3) is 0.133. The second kappa shape index (κ2) is 6.22. The minimum Gasteiger partial charge on any atom is -0.496 e. The monoisotopic (exact) mass is 312 g/mol. The Bertz CT molecular complexity index is 845. The summed E-state index contributed by atoms with van der Waals surface area (Å²) in [4.78, 5) is 16.1. The number of anilines is 2. The molecule has 0 aliphatic rings. The van der Waals surface area contributed by atoms with Crippen molar-refractivity contribution in [1.82, 2.24) is 20.5 Å². The summed E-state index contributed by atoms with van der Waals surface area (Å²) in [5.41, 5.74) is 7.26. The largest absolute Gasteiger partial charge is 0.496 e. The smallest absolute Gasteiger partial charge is 0.320 e. The number of para-hydroxylation sites is 1. The first kappa shape index (κ1) is 14.6. The second-order valence-electron chi connectivity index (χ2n) is 4.84. The van der Waals surface area contributed by atoms with Crippen molar-refractivity contribution in [3.63, 3.8) is 0 Å². The number of nitrogens with two attached hydrogens (primary N) is 1. The average Bonchev–Trinajstić information content (AvgIpc) is 2.94. The molecule has 0 fully saturated rings. The third-order valence-electron chi connectivity index (χ3n) is 3.35. The van der Waals surface area contributed by atoms with Gasteiger partial charge >= 0.3 is 6.03 Å². The summed E-state index contributed by atoms with van der Waals surface area (Å²) in [6.45, 7) is 0.342. The molecule has 1 aromatic carbocycles. The van der Waals surface area contributed by atoms with Crippen LogP contribution in [0.15, 0.2) is 36.5 Å². The number of ether oxygens (including phenoxy) is 1. The van der Waals surface area contributed by atoms with E-state index in [2.05, 4.69) is 25.8 Å². The highest BCUT2D eigenvalue weighted by Gasteiger charge is 2.08. The van der Waals surface area contributed by atoms with E-state index in [4.69, 9.17) is 10.5 Å². The number of carbonyl (C=O) groups is 1. The van der Waals surface area contributed by atoms with Crippen LogP contribution < -0.4 is 21.1 Å². The van der Waals surface area contributed by atoms with E-state index in [0.29, 0.717) is 29.1 Å². The van der Waals surface area contributed by atoms with Gasteiger partial charge in [-0.25, -0.2) is 9.78 Å². The number of urea groups is 1. The van der Waals surface area contributed by atoms with Crippen LogP contribution >= 0.6 is 0 Å². The number of benzene rings is 1. The number of hydrogen-bond donors (Lipinski definition) is 4. The molecule has 0 unspecified atom stereocenters. The van der Waals surface area contributed by atoms with Gasteiger partial charge < -0.3 is 15.8 Å². The topological polar surface area (TPSA) is 118 Å². The third kappa shape index (κ3) is 3.15. The van der Waals surface area contributed by atoms with Crippen LogP contribution in [0.3, 0.4) is 0 Å². The first-order chi connectivity index (χ1) is 11.2. The summed E-state index contributed by atoms with van der Waals surface area (Å²) in [6, 6.07) is 8.79. The number of aromatic nitrogens is 3. The van der Waals surface area contributed by atoms with Gasteiger partial charge in [-0.15, -0.1) is 0 Å². The molecule has 2 aromatic heterocycles. The van der Waals surface area contributed by atoms with Crippen LogP contribution in [0, 0.1) is 0 Å². The van der Waals surface area contributed by atoms with E-state index in [1.165, 1.54) is 0 Å². The molecule has 5 N–H and O–H groups in total. The lowest BCUT2D eigenvalue weighted by molar-refractivity contribution is 0.251. The normalized spacial score (nSPS) is 10.5. The predicted octanol–water partition coefficient (Wildman–Crippen LogP) is 1.87. The van der Waals surface area contributed by atoms with E-state index in [1.54, 1.807) is 19.4 Å². The van der Waals surface area contributed by atoms with Crippen LogP contribution in [-0.4, -0.2) is 28.3 Å². The molecule has 2 amide bonds. The number of methoxy groups -OCH3 is 1. The molecule has 23 heavy (non-hydrogen) atoms. The number of nitrogen functional groups attached to an aromatic ring is 1. The van der Waals surface area contributed by atoms with Crippen LogP contribution in [0.2, 0.25) is 0 Å². The van der Waals surface area contributed by atoms with Crippen molar-refractivity contribution >= 4 is 28.6 Å². The zero-order chi connectivity index (χ0) is 16.2. The Kier molecular flexibility index (Phi) is 3.96. The number of hydrogen-bond acceptors (Lipinski definition) is 5. The molecule has 0 aliphatic heterocycles. The van der Waals surface area contributed by atoms with Crippen LogP contribution in [-0.2, 0) is 6.54 Å². The number of nitrogens with zero attached hydrogens (tertiary/aromatic N) is 2.